The molecule has 0 fully saturated rings. The number of halogens is 3. The van der Waals surface area contributed by atoms with Crippen molar-refractivity contribution in [3.63, 3.8) is 0 Å². The number of aryl methyl sites for hydroxylation is 4. The summed E-state index contributed by atoms with van der Waals surface area (Å²) in [7, 11) is 0. The van der Waals surface area contributed by atoms with E-state index in [0.29, 0.717) is 27.9 Å². The van der Waals surface area contributed by atoms with Crippen LogP contribution in [-0.4, -0.2) is 9.13 Å². The van der Waals surface area contributed by atoms with Crippen molar-refractivity contribution in [3.8, 4) is 45.8 Å². The van der Waals surface area contributed by atoms with Gasteiger partial charge in [0.1, 0.15) is 0 Å². The van der Waals surface area contributed by atoms with Crippen LogP contribution in [0.5, 0.6) is 0 Å². The minimum atomic E-state index is -4.72. The Hall–Kier alpha value is -7.09. The summed E-state index contributed by atoms with van der Waals surface area (Å²) in [4.78, 5) is 0. The van der Waals surface area contributed by atoms with Crippen LogP contribution in [0.4, 0.5) is 13.2 Å². The van der Waals surface area contributed by atoms with Gasteiger partial charge in [-0.3, -0.25) is 0 Å². The molecule has 0 radical (unpaired) electrons. The monoisotopic (exact) mass is 734 g/mol. The highest BCUT2D eigenvalue weighted by Gasteiger charge is 2.34. The number of aromatic nitrogens is 2. The van der Waals surface area contributed by atoms with Crippen molar-refractivity contribution < 1.29 is 13.2 Å². The van der Waals surface area contributed by atoms with Gasteiger partial charge in [0.25, 0.3) is 0 Å². The molecule has 2 aromatic heterocycles. The van der Waals surface area contributed by atoms with E-state index in [9.17, 15) is 23.7 Å². The van der Waals surface area contributed by atoms with Crippen LogP contribution in [0.2, 0.25) is 0 Å². The second-order valence-corrected chi connectivity index (χ2v) is 14.7. The molecular weight excluding hydrogens is 702 g/mol. The summed E-state index contributed by atoms with van der Waals surface area (Å²) in [6, 6.07) is 44.1. The molecule has 9 aromatic rings. The number of hydrogen-bond donors (Lipinski definition) is 0. The smallest absolute Gasteiger partial charge is 0.309 e. The largest absolute Gasteiger partial charge is 0.417 e. The Morgan fingerprint density at radius 1 is 0.482 bits per heavy atom. The lowest BCUT2D eigenvalue weighted by Crippen LogP contribution is -2.08. The van der Waals surface area contributed by atoms with Crippen molar-refractivity contribution in [2.45, 2.75) is 33.9 Å². The summed E-state index contributed by atoms with van der Waals surface area (Å²) < 4.78 is 48.6. The molecule has 0 saturated heterocycles. The highest BCUT2D eigenvalue weighted by molar-refractivity contribution is 6.12. The van der Waals surface area contributed by atoms with Gasteiger partial charge in [0.15, 0.2) is 0 Å². The molecule has 0 aliphatic carbocycles. The fourth-order valence-electron chi connectivity index (χ4n) is 8.32. The number of benzene rings is 7. The van der Waals surface area contributed by atoms with Crippen molar-refractivity contribution in [1.82, 2.24) is 9.13 Å². The highest BCUT2D eigenvalue weighted by Crippen LogP contribution is 2.45. The van der Waals surface area contributed by atoms with Crippen LogP contribution >= 0.6 is 0 Å². The normalized spacial score (nSPS) is 11.8. The maximum atomic E-state index is 14.8. The number of hydrogen-bond acceptors (Lipinski definition) is 2. The van der Waals surface area contributed by atoms with Gasteiger partial charge in [-0.15, -0.1) is 0 Å². The number of rotatable bonds is 4. The maximum Gasteiger partial charge on any atom is 0.417 e. The molecule has 4 nitrogen and oxygen atoms in total. The summed E-state index contributed by atoms with van der Waals surface area (Å²) >= 11 is 0. The third-order valence-electron chi connectivity index (χ3n) is 10.8. The van der Waals surface area contributed by atoms with Crippen molar-refractivity contribution in [1.29, 1.82) is 10.5 Å². The summed E-state index contributed by atoms with van der Waals surface area (Å²) in [5, 5.41) is 24.6. The van der Waals surface area contributed by atoms with Gasteiger partial charge in [0.2, 0.25) is 0 Å². The lowest BCUT2D eigenvalue weighted by molar-refractivity contribution is -0.137. The topological polar surface area (TPSA) is 57.4 Å². The van der Waals surface area contributed by atoms with Gasteiger partial charge in [-0.1, -0.05) is 64.7 Å². The molecule has 0 saturated carbocycles. The highest BCUT2D eigenvalue weighted by atomic mass is 19.4. The first-order valence-electron chi connectivity index (χ1n) is 18.3. The zero-order valence-electron chi connectivity index (χ0n) is 31.0. The zero-order valence-corrected chi connectivity index (χ0v) is 31.0. The average Bonchev–Trinajstić information content (AvgIpc) is 3.67. The van der Waals surface area contributed by atoms with Gasteiger partial charge in [-0.25, -0.2) is 0 Å². The molecule has 0 N–H and O–H groups in total. The van der Waals surface area contributed by atoms with Crippen molar-refractivity contribution >= 4 is 43.6 Å². The molecule has 56 heavy (non-hydrogen) atoms. The molecule has 7 aromatic carbocycles. The second-order valence-electron chi connectivity index (χ2n) is 14.7. The minimum Gasteiger partial charge on any atom is -0.309 e. The van der Waals surface area contributed by atoms with Crippen LogP contribution in [0.15, 0.2) is 127 Å². The number of fused-ring (bicyclic) bond motifs is 6. The van der Waals surface area contributed by atoms with Crippen LogP contribution in [-0.2, 0) is 6.18 Å². The first-order chi connectivity index (χ1) is 26.9. The lowest BCUT2D eigenvalue weighted by atomic mass is 9.90. The van der Waals surface area contributed by atoms with Crippen LogP contribution < -0.4 is 0 Å². The van der Waals surface area contributed by atoms with E-state index in [1.165, 1.54) is 12.1 Å². The molecule has 2 heterocycles. The number of nitrogens with zero attached hydrogens (tertiary/aromatic N) is 4. The molecule has 7 heteroatoms. The van der Waals surface area contributed by atoms with Crippen molar-refractivity contribution in [3.05, 3.63) is 166 Å². The zero-order chi connectivity index (χ0) is 39.0. The van der Waals surface area contributed by atoms with Gasteiger partial charge in [0.05, 0.1) is 62.3 Å². The number of alkyl halides is 3. The summed E-state index contributed by atoms with van der Waals surface area (Å²) in [6.07, 6.45) is -4.72. The van der Waals surface area contributed by atoms with E-state index >= 15 is 0 Å². The predicted molar refractivity (Wildman–Crippen MR) is 219 cm³/mol. The Balaban J connectivity index is 1.45. The number of nitriles is 2. The Labute approximate surface area is 321 Å². The van der Waals surface area contributed by atoms with E-state index < -0.39 is 11.7 Å². The van der Waals surface area contributed by atoms with E-state index in [1.54, 1.807) is 18.2 Å². The van der Waals surface area contributed by atoms with Crippen molar-refractivity contribution in [2.75, 3.05) is 0 Å². The molecular formula is C49H33F3N4. The molecule has 0 aliphatic rings. The van der Waals surface area contributed by atoms with E-state index in [0.717, 1.165) is 77.6 Å². The van der Waals surface area contributed by atoms with Gasteiger partial charge in [-0.2, -0.15) is 23.7 Å². The standard InChI is InChI=1S/C49H33F3N4/c1-28-8-15-42-36(20-28)37-21-29(2)9-16-43(37)55(42)46-19-13-33(35-14-12-32(26-53)24-41(35)49(50,51)52)25-40(46)48-34(27-54)6-5-7-47(48)56-44-17-10-30(3)22-38(44)39-23-31(4)11-18-45(39)56/h5-25H,1-4H3. The third kappa shape index (κ3) is 5.43. The molecule has 0 amide bonds. The molecule has 270 valence electrons. The fraction of sp³-hybridized carbons (Fsp3) is 0.102. The minimum absolute atomic E-state index is 0.0587. The van der Waals surface area contributed by atoms with Gasteiger partial charge >= 0.3 is 6.18 Å². The lowest BCUT2D eigenvalue weighted by Gasteiger charge is -2.21. The van der Waals surface area contributed by atoms with Crippen LogP contribution in [0.1, 0.15) is 38.9 Å². The van der Waals surface area contributed by atoms with Crippen molar-refractivity contribution in [2.24, 2.45) is 0 Å². The SMILES string of the molecule is Cc1ccc2c(c1)c1cc(C)ccc1n2-c1ccc(-c2ccc(C#N)cc2C(F)(F)F)cc1-c1c(C#N)cccc1-n1c2ccc(C)cc2c2cc(C)ccc21. The van der Waals surface area contributed by atoms with Gasteiger partial charge in [0, 0.05) is 32.7 Å². The Bertz CT molecular complexity index is 3080. The second kappa shape index (κ2) is 12.8. The summed E-state index contributed by atoms with van der Waals surface area (Å²) in [5.74, 6) is 0. The molecule has 0 spiro atoms. The molecule has 9 rings (SSSR count). The maximum absolute atomic E-state index is 14.8. The summed E-state index contributed by atoms with van der Waals surface area (Å²) in [5.41, 5.74) is 10.4. The molecule has 0 bridgehead atoms. The first-order valence-corrected chi connectivity index (χ1v) is 18.3. The van der Waals surface area contributed by atoms with Crippen LogP contribution in [0.25, 0.3) is 77.2 Å². The Morgan fingerprint density at radius 2 is 0.982 bits per heavy atom. The Morgan fingerprint density at radius 3 is 1.45 bits per heavy atom. The van der Waals surface area contributed by atoms with Gasteiger partial charge in [-0.05, 0) is 124 Å². The average molecular weight is 735 g/mol. The molecule has 0 atom stereocenters. The summed E-state index contributed by atoms with van der Waals surface area (Å²) in [6.45, 7) is 8.23. The van der Waals surface area contributed by atoms with E-state index in [1.807, 2.05) is 24.3 Å². The molecule has 0 aliphatic heterocycles. The first kappa shape index (κ1) is 34.7. The van der Waals surface area contributed by atoms with E-state index in [2.05, 4.69) is 116 Å². The van der Waals surface area contributed by atoms with E-state index in [4.69, 9.17) is 0 Å². The van der Waals surface area contributed by atoms with Gasteiger partial charge < -0.3 is 9.13 Å². The van der Waals surface area contributed by atoms with Crippen LogP contribution in [0, 0.1) is 50.4 Å². The van der Waals surface area contributed by atoms with Crippen LogP contribution in [0.3, 0.4) is 0 Å². The fourth-order valence-corrected chi connectivity index (χ4v) is 8.32. The third-order valence-corrected chi connectivity index (χ3v) is 10.8. The van der Waals surface area contributed by atoms with E-state index in [-0.39, 0.29) is 11.1 Å². The predicted octanol–water partition coefficient (Wildman–Crippen LogP) is 13.2. The quantitative estimate of drug-likeness (QED) is 0.181. The molecule has 0 unspecified atom stereocenters. The Kier molecular flexibility index (Phi) is 7.90.